The van der Waals surface area contributed by atoms with Crippen molar-refractivity contribution in [1.82, 2.24) is 0 Å². The van der Waals surface area contributed by atoms with Crippen LogP contribution in [0.2, 0.25) is 0 Å². The summed E-state index contributed by atoms with van der Waals surface area (Å²) in [5.74, 6) is 2.35. The summed E-state index contributed by atoms with van der Waals surface area (Å²) in [5, 5.41) is 14.4. The van der Waals surface area contributed by atoms with Gasteiger partial charge in [-0.05, 0) is 55.0 Å². The van der Waals surface area contributed by atoms with E-state index in [4.69, 9.17) is 0 Å². The summed E-state index contributed by atoms with van der Waals surface area (Å²) in [6, 6.07) is 18.2. The molecule has 0 radical (unpaired) electrons. The van der Waals surface area contributed by atoms with Crippen molar-refractivity contribution in [3.05, 3.63) is 54.3 Å². The summed E-state index contributed by atoms with van der Waals surface area (Å²) < 4.78 is 0. The molecule has 5 aromatic carbocycles. The lowest BCUT2D eigenvalue weighted by molar-refractivity contribution is 1.88. The highest BCUT2D eigenvalue weighted by molar-refractivity contribution is 7.36. The van der Waals surface area contributed by atoms with Crippen LogP contribution >= 0.6 is 8.19 Å². The molecule has 0 nitrogen and oxygen atoms in total. The van der Waals surface area contributed by atoms with Crippen LogP contribution in [0.25, 0.3) is 53.6 Å². The number of benzene rings is 4. The first-order valence-corrected chi connectivity index (χ1v) is 7.88. The van der Waals surface area contributed by atoms with Crippen LogP contribution in [-0.4, -0.2) is 0 Å². The van der Waals surface area contributed by atoms with Gasteiger partial charge in [0.15, 0.2) is 0 Å². The molecule has 0 spiro atoms. The first-order chi connectivity index (χ1) is 9.92. The van der Waals surface area contributed by atoms with Crippen LogP contribution in [0.4, 0.5) is 0 Å². The van der Waals surface area contributed by atoms with Crippen molar-refractivity contribution in [3.63, 3.8) is 0 Å². The van der Waals surface area contributed by atoms with Gasteiger partial charge >= 0.3 is 0 Å². The maximum atomic E-state index is 2.35. The lowest BCUT2D eigenvalue weighted by atomic mass is 10.00. The van der Waals surface area contributed by atoms with Crippen LogP contribution in [0.3, 0.4) is 0 Å². The molecule has 0 N–H and O–H groups in total. The Balaban J connectivity index is 2.27. The van der Waals surface area contributed by atoms with Gasteiger partial charge in [0.1, 0.15) is 0 Å². The Bertz CT molecular complexity index is 930. The largest absolute Gasteiger partial charge is 0.0671 e. The van der Waals surface area contributed by atoms with Crippen molar-refractivity contribution in [2.75, 3.05) is 0 Å². The van der Waals surface area contributed by atoms with Gasteiger partial charge in [0.2, 0.25) is 0 Å². The van der Waals surface area contributed by atoms with E-state index in [-0.39, 0.29) is 0 Å². The van der Waals surface area contributed by atoms with E-state index in [1.165, 1.54) is 61.8 Å². The van der Waals surface area contributed by atoms with Crippen LogP contribution < -0.4 is 0 Å². The topological polar surface area (TPSA) is 0 Å². The fraction of sp³-hybridized carbons (Fsp3) is 0. The molecule has 6 aromatic rings. The van der Waals surface area contributed by atoms with Gasteiger partial charge in [0.25, 0.3) is 0 Å². The molecule has 90 valence electrons. The monoisotopic (exact) mass is 268 g/mol. The third kappa shape index (κ3) is 0.882. The van der Waals surface area contributed by atoms with E-state index in [0.29, 0.717) is 0 Å². The molecule has 0 bridgehead atoms. The van der Waals surface area contributed by atoms with Crippen LogP contribution in [0.15, 0.2) is 54.3 Å². The highest BCUT2D eigenvalue weighted by atomic mass is 31.0. The van der Waals surface area contributed by atoms with Crippen molar-refractivity contribution in [1.29, 1.82) is 0 Å². The second-order valence-electron chi connectivity index (χ2n) is 5.67. The van der Waals surface area contributed by atoms with Gasteiger partial charge in [-0.3, -0.25) is 0 Å². The molecule has 0 aliphatic carbocycles. The standard InChI is InChI=1S/C19H9P/c1-2-11-5-6-13-9-20-14-8-7-12-4-3-10(1)15-16(11)18(13)19(14)17(12)15/h1-9H. The van der Waals surface area contributed by atoms with Gasteiger partial charge in [-0.2, -0.15) is 0 Å². The summed E-state index contributed by atoms with van der Waals surface area (Å²) in [4.78, 5) is 0. The van der Waals surface area contributed by atoms with Crippen molar-refractivity contribution in [3.8, 4) is 0 Å². The molecular weight excluding hydrogens is 259 g/mol. The lowest BCUT2D eigenvalue weighted by Gasteiger charge is -2.03. The molecule has 1 heterocycles. The zero-order chi connectivity index (χ0) is 12.8. The summed E-state index contributed by atoms with van der Waals surface area (Å²) in [6.07, 6.45) is 0. The van der Waals surface area contributed by atoms with E-state index in [1.54, 1.807) is 0 Å². The molecule has 6 rings (SSSR count). The average Bonchev–Trinajstić information content (AvgIpc) is 2.88. The molecule has 0 fully saturated rings. The molecule has 20 heavy (non-hydrogen) atoms. The van der Waals surface area contributed by atoms with E-state index < -0.39 is 0 Å². The summed E-state index contributed by atoms with van der Waals surface area (Å²) in [5.41, 5.74) is 0. The maximum Gasteiger partial charge on any atom is 0.0104 e. The zero-order valence-corrected chi connectivity index (χ0v) is 11.5. The van der Waals surface area contributed by atoms with Crippen LogP contribution in [-0.2, 0) is 0 Å². The van der Waals surface area contributed by atoms with Gasteiger partial charge in [0, 0.05) is 10.5 Å². The molecule has 0 saturated carbocycles. The molecule has 0 aliphatic rings. The summed E-state index contributed by atoms with van der Waals surface area (Å²) >= 11 is 0. The third-order valence-corrected chi connectivity index (χ3v) is 5.81. The fourth-order valence-electron chi connectivity index (χ4n) is 3.93. The third-order valence-electron chi connectivity index (χ3n) is 4.75. The first kappa shape index (κ1) is 9.69. The fourth-order valence-corrected chi connectivity index (χ4v) is 4.94. The Morgan fingerprint density at radius 2 is 0.900 bits per heavy atom. The van der Waals surface area contributed by atoms with E-state index in [2.05, 4.69) is 54.3 Å². The molecule has 0 atom stereocenters. The van der Waals surface area contributed by atoms with Gasteiger partial charge in [-0.15, -0.1) is 0 Å². The Kier molecular flexibility index (Phi) is 1.43. The smallest absolute Gasteiger partial charge is 0.0104 e. The predicted molar refractivity (Wildman–Crippen MR) is 90.0 cm³/mol. The summed E-state index contributed by atoms with van der Waals surface area (Å²) in [7, 11) is 1.33. The molecular formula is C19H9P. The Hall–Kier alpha value is -2.17. The van der Waals surface area contributed by atoms with Gasteiger partial charge in [0.05, 0.1) is 0 Å². The molecule has 0 saturated heterocycles. The SMILES string of the molecule is c1cc2ccc3cpc4ccc5ccc1c1c2c3c4c51. The lowest BCUT2D eigenvalue weighted by Crippen LogP contribution is -1.76. The molecule has 0 aliphatic heterocycles. The van der Waals surface area contributed by atoms with E-state index in [9.17, 15) is 0 Å². The number of hydrogen-bond donors (Lipinski definition) is 0. The minimum atomic E-state index is 1.33. The van der Waals surface area contributed by atoms with Gasteiger partial charge in [-0.25, -0.2) is 0 Å². The van der Waals surface area contributed by atoms with Gasteiger partial charge < -0.3 is 0 Å². The van der Waals surface area contributed by atoms with Crippen LogP contribution in [0.1, 0.15) is 0 Å². The van der Waals surface area contributed by atoms with Crippen molar-refractivity contribution >= 4 is 61.8 Å². The second-order valence-corrected chi connectivity index (χ2v) is 6.67. The van der Waals surface area contributed by atoms with Crippen LogP contribution in [0.5, 0.6) is 0 Å². The normalized spacial score (nSPS) is 13.4. The second kappa shape index (κ2) is 2.95. The number of rotatable bonds is 0. The molecule has 1 heteroatoms. The molecule has 0 unspecified atom stereocenters. The van der Waals surface area contributed by atoms with E-state index in [0.717, 1.165) is 0 Å². The maximum absolute atomic E-state index is 2.35. The Morgan fingerprint density at radius 3 is 1.55 bits per heavy atom. The van der Waals surface area contributed by atoms with Crippen molar-refractivity contribution in [2.45, 2.75) is 0 Å². The Morgan fingerprint density at radius 1 is 0.450 bits per heavy atom. The van der Waals surface area contributed by atoms with Crippen molar-refractivity contribution in [2.24, 2.45) is 0 Å². The van der Waals surface area contributed by atoms with E-state index >= 15 is 0 Å². The van der Waals surface area contributed by atoms with Crippen LogP contribution in [0, 0.1) is 0 Å². The predicted octanol–water partition coefficient (Wildman–Crippen LogP) is 6.35. The average molecular weight is 268 g/mol. The number of hydrogen-bond acceptors (Lipinski definition) is 0. The van der Waals surface area contributed by atoms with Crippen molar-refractivity contribution < 1.29 is 0 Å². The minimum Gasteiger partial charge on any atom is -0.0671 e. The molecule has 0 amide bonds. The molecule has 1 aromatic heterocycles. The van der Waals surface area contributed by atoms with Gasteiger partial charge in [-0.1, -0.05) is 50.7 Å². The van der Waals surface area contributed by atoms with E-state index in [1.807, 2.05) is 0 Å². The summed E-state index contributed by atoms with van der Waals surface area (Å²) in [6.45, 7) is 0. The quantitative estimate of drug-likeness (QED) is 0.282. The minimum absolute atomic E-state index is 1.33. The first-order valence-electron chi connectivity index (χ1n) is 6.91. The zero-order valence-electron chi connectivity index (χ0n) is 10.6. The highest BCUT2D eigenvalue weighted by Crippen LogP contribution is 2.49. The highest BCUT2D eigenvalue weighted by Gasteiger charge is 2.19. The Labute approximate surface area is 116 Å².